The van der Waals surface area contributed by atoms with Crippen LogP contribution in [0.1, 0.15) is 13.8 Å². The molecule has 3 heteroatoms. The molecule has 0 aliphatic carbocycles. The smallest absolute Gasteiger partial charge is 0.135 e. The van der Waals surface area contributed by atoms with Gasteiger partial charge in [0.1, 0.15) is 8.96 Å². The lowest BCUT2D eigenvalue weighted by Gasteiger charge is -2.37. The molecule has 0 N–H and O–H groups in total. The largest absolute Gasteiger partial charge is 0.330 e. The molecule has 0 rings (SSSR count). The summed E-state index contributed by atoms with van der Waals surface area (Å²) in [5, 5.41) is 0. The fourth-order valence-corrected chi connectivity index (χ4v) is 5.60. The molecule has 0 amide bonds. The van der Waals surface area contributed by atoms with Gasteiger partial charge in [-0.05, 0) is 18.8 Å². The molecule has 0 aliphatic rings. The lowest BCUT2D eigenvalue weighted by atomic mass is 10.5. The van der Waals surface area contributed by atoms with Crippen molar-refractivity contribution in [2.24, 2.45) is 0 Å². The predicted octanol–water partition coefficient (Wildman–Crippen LogP) is 2.24. The summed E-state index contributed by atoms with van der Waals surface area (Å²) < 4.78 is 3.03. The van der Waals surface area contributed by atoms with Crippen molar-refractivity contribution >= 4 is 17.8 Å². The standard InChI is InChI=1S/C8H21NSi2/c1-8(2,10(5)6)11(7)9(3)4/h1-7H3. The first-order valence-corrected chi connectivity index (χ1v) is 8.57. The molecule has 1 nitrogen and oxygen atoms in total. The highest BCUT2D eigenvalue weighted by atomic mass is 28.3. The van der Waals surface area contributed by atoms with E-state index in [1.807, 2.05) is 0 Å². The Kier molecular flexibility index (Phi) is 4.01. The Morgan fingerprint density at radius 3 is 1.45 bits per heavy atom. The van der Waals surface area contributed by atoms with E-state index in [2.05, 4.69) is 52.1 Å². The molecule has 11 heavy (non-hydrogen) atoms. The maximum Gasteiger partial charge on any atom is 0.135 e. The van der Waals surface area contributed by atoms with Crippen LogP contribution >= 0.6 is 0 Å². The van der Waals surface area contributed by atoms with Crippen LogP contribution in [0.2, 0.25) is 24.3 Å². The van der Waals surface area contributed by atoms with E-state index in [0.29, 0.717) is 4.66 Å². The number of hydrogen-bond acceptors (Lipinski definition) is 1. The molecule has 0 aromatic carbocycles. The van der Waals surface area contributed by atoms with E-state index in [-0.39, 0.29) is 17.8 Å². The molecule has 0 atom stereocenters. The van der Waals surface area contributed by atoms with Crippen LogP contribution in [0.5, 0.6) is 0 Å². The summed E-state index contributed by atoms with van der Waals surface area (Å²) in [6, 6.07) is 0. The normalized spacial score (nSPS) is 13.6. The highest BCUT2D eigenvalue weighted by Gasteiger charge is 2.33. The van der Waals surface area contributed by atoms with Gasteiger partial charge in [-0.3, -0.25) is 0 Å². The molecular weight excluding hydrogens is 166 g/mol. The zero-order chi connectivity index (χ0) is 9.23. The summed E-state index contributed by atoms with van der Waals surface area (Å²) in [6.45, 7) is 12.1. The Labute approximate surface area is 75.1 Å². The van der Waals surface area contributed by atoms with Crippen molar-refractivity contribution in [2.75, 3.05) is 14.1 Å². The van der Waals surface area contributed by atoms with E-state index >= 15 is 0 Å². The van der Waals surface area contributed by atoms with Crippen molar-refractivity contribution in [1.29, 1.82) is 0 Å². The van der Waals surface area contributed by atoms with Gasteiger partial charge in [0, 0.05) is 8.80 Å². The highest BCUT2D eigenvalue weighted by molar-refractivity contribution is 6.79. The molecule has 0 aliphatic heterocycles. The average molecular weight is 187 g/mol. The van der Waals surface area contributed by atoms with Crippen LogP contribution < -0.4 is 0 Å². The summed E-state index contributed by atoms with van der Waals surface area (Å²) >= 11 is 0. The number of hydrogen-bond donors (Lipinski definition) is 0. The van der Waals surface area contributed by atoms with Gasteiger partial charge in [0.2, 0.25) is 0 Å². The van der Waals surface area contributed by atoms with Gasteiger partial charge in [-0.25, -0.2) is 0 Å². The molecule has 0 fully saturated rings. The minimum Gasteiger partial charge on any atom is -0.330 e. The van der Waals surface area contributed by atoms with E-state index in [0.717, 1.165) is 0 Å². The third kappa shape index (κ3) is 2.72. The summed E-state index contributed by atoms with van der Waals surface area (Å²) in [4.78, 5) is 0. The molecule has 0 bridgehead atoms. The van der Waals surface area contributed by atoms with Crippen molar-refractivity contribution in [1.82, 2.24) is 4.57 Å². The van der Waals surface area contributed by atoms with Crippen molar-refractivity contribution in [3.63, 3.8) is 0 Å². The molecule has 0 saturated heterocycles. The third-order valence-corrected chi connectivity index (χ3v) is 11.1. The topological polar surface area (TPSA) is 3.24 Å². The van der Waals surface area contributed by atoms with Crippen LogP contribution in [0.3, 0.4) is 0 Å². The second-order valence-electron chi connectivity index (χ2n) is 4.10. The van der Waals surface area contributed by atoms with Crippen LogP contribution in [0.4, 0.5) is 0 Å². The van der Waals surface area contributed by atoms with Gasteiger partial charge in [0.25, 0.3) is 0 Å². The first-order valence-electron chi connectivity index (χ1n) is 4.12. The third-order valence-electron chi connectivity index (χ3n) is 2.83. The van der Waals surface area contributed by atoms with Crippen LogP contribution in [0, 0.1) is 0 Å². The molecule has 0 aromatic heterocycles. The predicted molar refractivity (Wildman–Crippen MR) is 56.8 cm³/mol. The Balaban J connectivity index is 4.29. The Bertz CT molecular complexity index is 121. The molecule has 0 unspecified atom stereocenters. The van der Waals surface area contributed by atoms with Crippen molar-refractivity contribution < 1.29 is 0 Å². The van der Waals surface area contributed by atoms with Crippen molar-refractivity contribution in [3.8, 4) is 0 Å². The molecular formula is C8H21NSi2. The fourth-order valence-electron chi connectivity index (χ4n) is 0.921. The zero-order valence-corrected chi connectivity index (χ0v) is 10.9. The Hall–Kier alpha value is 0.394. The van der Waals surface area contributed by atoms with E-state index in [1.54, 1.807) is 0 Å². The zero-order valence-electron chi connectivity index (χ0n) is 8.95. The maximum atomic E-state index is 2.43. The first-order chi connectivity index (χ1) is 4.80. The van der Waals surface area contributed by atoms with Gasteiger partial charge in [0.05, 0.1) is 0 Å². The Morgan fingerprint density at radius 2 is 1.36 bits per heavy atom. The monoisotopic (exact) mass is 187 g/mol. The fraction of sp³-hybridized carbons (Fsp3) is 1.00. The van der Waals surface area contributed by atoms with Gasteiger partial charge in [-0.15, -0.1) is 0 Å². The molecule has 0 heterocycles. The van der Waals surface area contributed by atoms with Gasteiger partial charge in [-0.1, -0.05) is 33.5 Å². The molecule has 0 saturated carbocycles. The quantitative estimate of drug-likeness (QED) is 0.613. The van der Waals surface area contributed by atoms with Crippen LogP contribution in [-0.2, 0) is 0 Å². The van der Waals surface area contributed by atoms with E-state index < -0.39 is 0 Å². The van der Waals surface area contributed by atoms with Gasteiger partial charge >= 0.3 is 0 Å². The van der Waals surface area contributed by atoms with Gasteiger partial charge in [-0.2, -0.15) is 0 Å². The second-order valence-corrected chi connectivity index (χ2v) is 11.2. The number of rotatable bonds is 3. The van der Waals surface area contributed by atoms with E-state index in [9.17, 15) is 0 Å². The van der Waals surface area contributed by atoms with E-state index in [1.165, 1.54) is 0 Å². The highest BCUT2D eigenvalue weighted by Crippen LogP contribution is 2.32. The summed E-state index contributed by atoms with van der Waals surface area (Å²) in [7, 11) is 3.96. The second kappa shape index (κ2) is 3.87. The molecule has 66 valence electrons. The maximum absolute atomic E-state index is 2.43. The van der Waals surface area contributed by atoms with Crippen molar-refractivity contribution in [2.45, 2.75) is 38.2 Å². The van der Waals surface area contributed by atoms with Crippen LogP contribution in [0.15, 0.2) is 0 Å². The van der Waals surface area contributed by atoms with Gasteiger partial charge < -0.3 is 4.57 Å². The summed E-state index contributed by atoms with van der Waals surface area (Å²) in [5.74, 6) is 0. The average Bonchev–Trinajstić information content (AvgIpc) is 1.85. The van der Waals surface area contributed by atoms with Crippen LogP contribution in [-0.4, -0.2) is 36.4 Å². The lowest BCUT2D eigenvalue weighted by molar-refractivity contribution is 0.611. The van der Waals surface area contributed by atoms with Crippen LogP contribution in [0.25, 0.3) is 0 Å². The first kappa shape index (κ1) is 11.4. The summed E-state index contributed by atoms with van der Waals surface area (Å²) in [6.07, 6.45) is 0. The SMILES string of the molecule is CN(C)[Si](C)C(C)(C)[Si](C)C. The minimum absolute atomic E-state index is 0.151. The van der Waals surface area contributed by atoms with E-state index in [4.69, 9.17) is 0 Å². The summed E-state index contributed by atoms with van der Waals surface area (Å²) in [5.41, 5.74) is 0. The molecule has 0 aromatic rings. The van der Waals surface area contributed by atoms with Crippen molar-refractivity contribution in [3.05, 3.63) is 0 Å². The number of nitrogens with zero attached hydrogens (tertiary/aromatic N) is 1. The molecule has 2 radical (unpaired) electrons. The minimum atomic E-state index is -0.304. The Morgan fingerprint density at radius 1 is 1.00 bits per heavy atom. The molecule has 0 spiro atoms. The lowest BCUT2D eigenvalue weighted by Crippen LogP contribution is -2.45. The van der Waals surface area contributed by atoms with Gasteiger partial charge in [0.15, 0.2) is 0 Å².